The molecule has 1 aromatic carbocycles. The van der Waals surface area contributed by atoms with Crippen molar-refractivity contribution in [2.24, 2.45) is 0 Å². The van der Waals surface area contributed by atoms with E-state index in [1.165, 1.54) is 11.1 Å². The van der Waals surface area contributed by atoms with Gasteiger partial charge in [-0.05, 0) is 43.0 Å². The van der Waals surface area contributed by atoms with E-state index < -0.39 is 0 Å². The van der Waals surface area contributed by atoms with E-state index in [0.29, 0.717) is 6.04 Å². The summed E-state index contributed by atoms with van der Waals surface area (Å²) in [5.41, 5.74) is 3.51. The summed E-state index contributed by atoms with van der Waals surface area (Å²) in [6.07, 6.45) is 3.26. The Balaban J connectivity index is 1.75. The molecule has 2 aliphatic rings. The summed E-state index contributed by atoms with van der Waals surface area (Å²) in [6.45, 7) is 1.86. The molecule has 2 amide bonds. The Morgan fingerprint density at radius 2 is 2.24 bits per heavy atom. The number of hydrogen-bond acceptors (Lipinski definition) is 2. The molecule has 1 saturated carbocycles. The van der Waals surface area contributed by atoms with Gasteiger partial charge >= 0.3 is 6.03 Å². The van der Waals surface area contributed by atoms with Crippen LogP contribution in [0.1, 0.15) is 24.0 Å². The quantitative estimate of drug-likeness (QED) is 0.724. The number of nitrogens with one attached hydrogen (secondary N) is 3. The van der Waals surface area contributed by atoms with E-state index in [1.807, 2.05) is 12.1 Å². The van der Waals surface area contributed by atoms with Crippen molar-refractivity contribution < 1.29 is 4.79 Å². The zero-order valence-corrected chi connectivity index (χ0v) is 9.75. The second-order valence-corrected chi connectivity index (χ2v) is 4.74. The van der Waals surface area contributed by atoms with Crippen molar-refractivity contribution in [2.45, 2.75) is 31.8 Å². The number of anilines is 1. The summed E-state index contributed by atoms with van der Waals surface area (Å²) in [5, 5.41) is 9.23. The number of rotatable bonds is 2. The van der Waals surface area contributed by atoms with Gasteiger partial charge in [0.2, 0.25) is 0 Å². The molecule has 0 aromatic heterocycles. The van der Waals surface area contributed by atoms with Gasteiger partial charge in [0.05, 0.1) is 0 Å². The second kappa shape index (κ2) is 4.37. The molecule has 0 atom stereocenters. The van der Waals surface area contributed by atoms with Crippen LogP contribution in [0.3, 0.4) is 0 Å². The van der Waals surface area contributed by atoms with Crippen molar-refractivity contribution >= 4 is 11.7 Å². The topological polar surface area (TPSA) is 53.2 Å². The van der Waals surface area contributed by atoms with Gasteiger partial charge in [0.15, 0.2) is 0 Å². The Morgan fingerprint density at radius 3 is 3.06 bits per heavy atom. The Kier molecular flexibility index (Phi) is 2.73. The number of fused-ring (bicyclic) bond motifs is 1. The first-order valence-corrected chi connectivity index (χ1v) is 6.22. The van der Waals surface area contributed by atoms with Gasteiger partial charge in [0.1, 0.15) is 0 Å². The van der Waals surface area contributed by atoms with Crippen molar-refractivity contribution in [1.82, 2.24) is 10.6 Å². The van der Waals surface area contributed by atoms with Crippen molar-refractivity contribution in [3.63, 3.8) is 0 Å². The Morgan fingerprint density at radius 1 is 1.35 bits per heavy atom. The highest BCUT2D eigenvalue weighted by molar-refractivity contribution is 5.90. The minimum atomic E-state index is -0.0773. The Labute approximate surface area is 101 Å². The predicted octanol–water partition coefficient (Wildman–Crippen LogP) is 1.62. The van der Waals surface area contributed by atoms with Gasteiger partial charge in [-0.2, -0.15) is 0 Å². The highest BCUT2D eigenvalue weighted by atomic mass is 16.2. The number of carbonyl (C=O) groups is 1. The molecule has 0 spiro atoms. The summed E-state index contributed by atoms with van der Waals surface area (Å²) in [5.74, 6) is 0. The first-order valence-electron chi connectivity index (χ1n) is 6.22. The average molecular weight is 231 g/mol. The molecule has 1 aliphatic carbocycles. The van der Waals surface area contributed by atoms with E-state index in [4.69, 9.17) is 0 Å². The molecule has 0 saturated heterocycles. The van der Waals surface area contributed by atoms with Crippen LogP contribution in [-0.2, 0) is 13.0 Å². The number of carbonyl (C=O) groups excluding carboxylic acids is 1. The van der Waals surface area contributed by atoms with Gasteiger partial charge < -0.3 is 16.0 Å². The van der Waals surface area contributed by atoms with E-state index in [1.54, 1.807) is 0 Å². The Hall–Kier alpha value is -1.55. The van der Waals surface area contributed by atoms with E-state index in [-0.39, 0.29) is 6.03 Å². The zero-order chi connectivity index (χ0) is 11.7. The van der Waals surface area contributed by atoms with Gasteiger partial charge in [-0.1, -0.05) is 12.1 Å². The van der Waals surface area contributed by atoms with Crippen LogP contribution in [0.2, 0.25) is 0 Å². The smallest absolute Gasteiger partial charge is 0.319 e. The van der Waals surface area contributed by atoms with Crippen LogP contribution in [-0.4, -0.2) is 18.6 Å². The fraction of sp³-hybridized carbons (Fsp3) is 0.462. The third kappa shape index (κ3) is 2.42. The van der Waals surface area contributed by atoms with Gasteiger partial charge in [-0.25, -0.2) is 4.79 Å². The maximum atomic E-state index is 11.7. The number of amides is 2. The third-order valence-corrected chi connectivity index (χ3v) is 3.31. The van der Waals surface area contributed by atoms with Crippen LogP contribution < -0.4 is 16.0 Å². The van der Waals surface area contributed by atoms with Gasteiger partial charge in [0.25, 0.3) is 0 Å². The lowest BCUT2D eigenvalue weighted by molar-refractivity contribution is 0.251. The summed E-state index contributed by atoms with van der Waals surface area (Å²) in [7, 11) is 0. The lowest BCUT2D eigenvalue weighted by Gasteiger charge is -2.20. The first-order chi connectivity index (χ1) is 8.33. The largest absolute Gasteiger partial charge is 0.335 e. The van der Waals surface area contributed by atoms with Crippen molar-refractivity contribution in [3.05, 3.63) is 29.3 Å². The predicted molar refractivity (Wildman–Crippen MR) is 67.0 cm³/mol. The van der Waals surface area contributed by atoms with Crippen LogP contribution in [0.4, 0.5) is 10.5 Å². The minimum absolute atomic E-state index is 0.0773. The molecule has 90 valence electrons. The molecule has 1 heterocycles. The molecule has 1 aromatic rings. The molecular weight excluding hydrogens is 214 g/mol. The van der Waals surface area contributed by atoms with E-state index >= 15 is 0 Å². The number of benzene rings is 1. The van der Waals surface area contributed by atoms with E-state index in [9.17, 15) is 4.79 Å². The Bertz CT molecular complexity index is 440. The highest BCUT2D eigenvalue weighted by Crippen LogP contribution is 2.23. The lowest BCUT2D eigenvalue weighted by atomic mass is 9.99. The summed E-state index contributed by atoms with van der Waals surface area (Å²) in [4.78, 5) is 11.7. The van der Waals surface area contributed by atoms with Crippen LogP contribution in [0.5, 0.6) is 0 Å². The fourth-order valence-corrected chi connectivity index (χ4v) is 2.20. The molecule has 4 nitrogen and oxygen atoms in total. The molecule has 4 heteroatoms. The van der Waals surface area contributed by atoms with Crippen LogP contribution in [0, 0.1) is 0 Å². The van der Waals surface area contributed by atoms with Crippen molar-refractivity contribution in [3.8, 4) is 0 Å². The standard InChI is InChI=1S/C13H17N3O/c17-13(15-10-4-5-10)16-12-3-1-2-9-6-7-14-8-11(9)12/h1-3,10,14H,4-8H2,(H2,15,16,17). The molecule has 3 N–H and O–H groups in total. The van der Waals surface area contributed by atoms with Crippen LogP contribution in [0.25, 0.3) is 0 Å². The normalized spacial score (nSPS) is 18.4. The first kappa shape index (κ1) is 10.6. The fourth-order valence-electron chi connectivity index (χ4n) is 2.20. The van der Waals surface area contributed by atoms with Gasteiger partial charge in [0, 0.05) is 18.3 Å². The molecule has 3 rings (SSSR count). The molecule has 0 radical (unpaired) electrons. The molecule has 17 heavy (non-hydrogen) atoms. The van der Waals surface area contributed by atoms with Crippen LogP contribution >= 0.6 is 0 Å². The maximum absolute atomic E-state index is 11.7. The SMILES string of the molecule is O=C(Nc1cccc2c1CNCC2)NC1CC1. The highest BCUT2D eigenvalue weighted by Gasteiger charge is 2.23. The van der Waals surface area contributed by atoms with Crippen molar-refractivity contribution in [2.75, 3.05) is 11.9 Å². The summed E-state index contributed by atoms with van der Waals surface area (Å²) in [6, 6.07) is 6.44. The second-order valence-electron chi connectivity index (χ2n) is 4.74. The van der Waals surface area contributed by atoms with Crippen LogP contribution in [0.15, 0.2) is 18.2 Å². The average Bonchev–Trinajstić information content (AvgIpc) is 3.13. The monoisotopic (exact) mass is 231 g/mol. The van der Waals surface area contributed by atoms with E-state index in [2.05, 4.69) is 22.0 Å². The maximum Gasteiger partial charge on any atom is 0.319 e. The minimum Gasteiger partial charge on any atom is -0.335 e. The molecular formula is C13H17N3O. The molecule has 1 fully saturated rings. The molecule has 0 unspecified atom stereocenters. The lowest BCUT2D eigenvalue weighted by Crippen LogP contribution is -2.32. The summed E-state index contributed by atoms with van der Waals surface area (Å²) < 4.78 is 0. The summed E-state index contributed by atoms with van der Waals surface area (Å²) >= 11 is 0. The third-order valence-electron chi connectivity index (χ3n) is 3.31. The van der Waals surface area contributed by atoms with Gasteiger partial charge in [-0.15, -0.1) is 0 Å². The zero-order valence-electron chi connectivity index (χ0n) is 9.75. The van der Waals surface area contributed by atoms with Crippen molar-refractivity contribution in [1.29, 1.82) is 0 Å². The molecule has 0 bridgehead atoms. The van der Waals surface area contributed by atoms with Gasteiger partial charge in [-0.3, -0.25) is 0 Å². The number of hydrogen-bond donors (Lipinski definition) is 3. The molecule has 1 aliphatic heterocycles. The van der Waals surface area contributed by atoms with E-state index in [0.717, 1.165) is 38.0 Å². The number of urea groups is 1.